The summed E-state index contributed by atoms with van der Waals surface area (Å²) in [5.41, 5.74) is 0.535. The predicted molar refractivity (Wildman–Crippen MR) is 82.4 cm³/mol. The monoisotopic (exact) mass is 336 g/mol. The Hall–Kier alpha value is -2.61. The van der Waals surface area contributed by atoms with Gasteiger partial charge in [-0.1, -0.05) is 12.1 Å². The van der Waals surface area contributed by atoms with Crippen molar-refractivity contribution in [1.29, 1.82) is 0 Å². The van der Waals surface area contributed by atoms with Crippen molar-refractivity contribution in [2.75, 3.05) is 10.0 Å². The highest BCUT2D eigenvalue weighted by molar-refractivity contribution is 7.92. The molecule has 2 aromatic carbocycles. The molecule has 0 aliphatic carbocycles. The zero-order chi connectivity index (χ0) is 16.6. The summed E-state index contributed by atoms with van der Waals surface area (Å²) in [5.74, 6) is -0.735. The number of hydrogen-bond acceptors (Lipinski definition) is 4. The number of ether oxygens (including phenoxy) is 1. The summed E-state index contributed by atoms with van der Waals surface area (Å²) in [6.45, 7) is 1.60. The van der Waals surface area contributed by atoms with E-state index >= 15 is 0 Å². The number of nitrogens with one attached hydrogen (secondary N) is 2. The fourth-order valence-electron chi connectivity index (χ4n) is 2.15. The summed E-state index contributed by atoms with van der Waals surface area (Å²) >= 11 is 0. The van der Waals surface area contributed by atoms with Gasteiger partial charge in [-0.2, -0.15) is 0 Å². The number of halogens is 1. The highest BCUT2D eigenvalue weighted by Gasteiger charge is 2.24. The Kier molecular flexibility index (Phi) is 3.69. The van der Waals surface area contributed by atoms with Crippen LogP contribution < -0.4 is 14.8 Å². The lowest BCUT2D eigenvalue weighted by molar-refractivity contribution is -0.122. The van der Waals surface area contributed by atoms with Crippen LogP contribution in [0.4, 0.5) is 15.8 Å². The van der Waals surface area contributed by atoms with Crippen LogP contribution in [0, 0.1) is 5.82 Å². The van der Waals surface area contributed by atoms with E-state index in [2.05, 4.69) is 10.0 Å². The van der Waals surface area contributed by atoms with Gasteiger partial charge in [0.15, 0.2) is 6.10 Å². The van der Waals surface area contributed by atoms with Gasteiger partial charge in [0.2, 0.25) is 0 Å². The minimum atomic E-state index is -4.07. The standard InChI is InChI=1S/C15H13FN2O4S/c1-9-15(19)17-12-8-10(6-7-13(12)22-9)18-23(20,21)14-5-3-2-4-11(14)16/h2-9,18H,1H3,(H,17,19)/t9-/m0/s1. The van der Waals surface area contributed by atoms with E-state index in [4.69, 9.17) is 4.74 Å². The van der Waals surface area contributed by atoms with Crippen LogP contribution in [-0.4, -0.2) is 20.4 Å². The topological polar surface area (TPSA) is 84.5 Å². The fraction of sp³-hybridized carbons (Fsp3) is 0.133. The molecule has 1 aliphatic heterocycles. The average molecular weight is 336 g/mol. The van der Waals surface area contributed by atoms with Gasteiger partial charge < -0.3 is 10.1 Å². The first kappa shape index (κ1) is 15.3. The summed E-state index contributed by atoms with van der Waals surface area (Å²) in [6.07, 6.45) is -0.622. The normalized spacial score (nSPS) is 17.0. The number of rotatable bonds is 3. The third-order valence-corrected chi connectivity index (χ3v) is 4.70. The van der Waals surface area contributed by atoms with E-state index in [0.29, 0.717) is 11.4 Å². The van der Waals surface area contributed by atoms with Gasteiger partial charge in [-0.05, 0) is 37.3 Å². The summed E-state index contributed by atoms with van der Waals surface area (Å²) in [6, 6.07) is 9.49. The van der Waals surface area contributed by atoms with Crippen molar-refractivity contribution in [3.63, 3.8) is 0 Å². The van der Waals surface area contributed by atoms with Crippen molar-refractivity contribution in [3.8, 4) is 5.75 Å². The molecule has 0 aromatic heterocycles. The molecule has 3 rings (SSSR count). The lowest BCUT2D eigenvalue weighted by atomic mass is 10.2. The first-order valence-corrected chi connectivity index (χ1v) is 8.24. The van der Waals surface area contributed by atoms with Crippen molar-refractivity contribution in [3.05, 3.63) is 48.3 Å². The van der Waals surface area contributed by atoms with E-state index in [0.717, 1.165) is 6.07 Å². The van der Waals surface area contributed by atoms with Crippen LogP contribution in [0.15, 0.2) is 47.4 Å². The van der Waals surface area contributed by atoms with Crippen molar-refractivity contribution >= 4 is 27.3 Å². The third kappa shape index (κ3) is 2.98. The molecule has 1 atom stereocenters. The second-order valence-corrected chi connectivity index (χ2v) is 6.65. The maximum atomic E-state index is 13.7. The Morgan fingerprint density at radius 3 is 2.70 bits per heavy atom. The minimum absolute atomic E-state index is 0.186. The number of sulfonamides is 1. The van der Waals surface area contributed by atoms with E-state index in [9.17, 15) is 17.6 Å². The van der Waals surface area contributed by atoms with Crippen LogP contribution in [0.1, 0.15) is 6.92 Å². The third-order valence-electron chi connectivity index (χ3n) is 3.29. The Bertz CT molecular complexity index is 883. The maximum absolute atomic E-state index is 13.7. The highest BCUT2D eigenvalue weighted by atomic mass is 32.2. The molecule has 1 heterocycles. The molecule has 6 nitrogen and oxygen atoms in total. The van der Waals surface area contributed by atoms with Crippen LogP contribution >= 0.6 is 0 Å². The Balaban J connectivity index is 1.91. The van der Waals surface area contributed by atoms with Gasteiger partial charge in [0, 0.05) is 0 Å². The van der Waals surface area contributed by atoms with Crippen LogP contribution in [0.25, 0.3) is 0 Å². The molecule has 0 bridgehead atoms. The molecule has 8 heteroatoms. The smallest absolute Gasteiger partial charge is 0.265 e. The Labute approximate surface area is 132 Å². The number of fused-ring (bicyclic) bond motifs is 1. The SMILES string of the molecule is C[C@@H]1Oc2ccc(NS(=O)(=O)c3ccccc3F)cc2NC1=O. The van der Waals surface area contributed by atoms with Crippen molar-refractivity contribution in [2.45, 2.75) is 17.9 Å². The molecule has 0 radical (unpaired) electrons. The Morgan fingerprint density at radius 2 is 1.96 bits per heavy atom. The number of benzene rings is 2. The molecule has 1 amide bonds. The first-order valence-electron chi connectivity index (χ1n) is 6.76. The number of carbonyl (C=O) groups is 1. The molecule has 0 saturated heterocycles. The van der Waals surface area contributed by atoms with E-state index < -0.39 is 26.8 Å². The van der Waals surface area contributed by atoms with Crippen molar-refractivity contribution < 1.29 is 22.3 Å². The van der Waals surface area contributed by atoms with Crippen molar-refractivity contribution in [1.82, 2.24) is 0 Å². The summed E-state index contributed by atoms with van der Waals surface area (Å²) < 4.78 is 45.8. The molecule has 2 N–H and O–H groups in total. The minimum Gasteiger partial charge on any atom is -0.479 e. The van der Waals surface area contributed by atoms with Gasteiger partial charge in [-0.25, -0.2) is 12.8 Å². The molecule has 1 aliphatic rings. The van der Waals surface area contributed by atoms with Crippen LogP contribution in [-0.2, 0) is 14.8 Å². The van der Waals surface area contributed by atoms with Gasteiger partial charge in [-0.3, -0.25) is 9.52 Å². The Morgan fingerprint density at radius 1 is 1.22 bits per heavy atom. The molecule has 0 saturated carbocycles. The average Bonchev–Trinajstić information content (AvgIpc) is 2.48. The second kappa shape index (κ2) is 5.54. The molecule has 120 valence electrons. The molecule has 0 unspecified atom stereocenters. The van der Waals surface area contributed by atoms with Gasteiger partial charge in [0.1, 0.15) is 16.5 Å². The number of amides is 1. The second-order valence-electron chi connectivity index (χ2n) is 5.00. The molecular weight excluding hydrogens is 323 g/mol. The quantitative estimate of drug-likeness (QED) is 0.901. The van der Waals surface area contributed by atoms with E-state index in [-0.39, 0.29) is 11.6 Å². The van der Waals surface area contributed by atoms with Gasteiger partial charge in [0.25, 0.3) is 15.9 Å². The van der Waals surface area contributed by atoms with Crippen molar-refractivity contribution in [2.24, 2.45) is 0 Å². The molecule has 0 spiro atoms. The lowest BCUT2D eigenvalue weighted by Crippen LogP contribution is -2.34. The van der Waals surface area contributed by atoms with E-state index in [1.807, 2.05) is 0 Å². The summed E-state index contributed by atoms with van der Waals surface area (Å²) in [5, 5.41) is 2.61. The first-order chi connectivity index (χ1) is 10.9. The maximum Gasteiger partial charge on any atom is 0.265 e. The largest absolute Gasteiger partial charge is 0.479 e. The van der Waals surface area contributed by atoms with Gasteiger partial charge in [-0.15, -0.1) is 0 Å². The van der Waals surface area contributed by atoms with E-state index in [1.54, 1.807) is 6.92 Å². The number of hydrogen-bond donors (Lipinski definition) is 2. The summed E-state index contributed by atoms with van der Waals surface area (Å²) in [7, 11) is -4.07. The zero-order valence-corrected chi connectivity index (χ0v) is 12.9. The lowest BCUT2D eigenvalue weighted by Gasteiger charge is -2.23. The fourth-order valence-corrected chi connectivity index (χ4v) is 3.27. The van der Waals surface area contributed by atoms with Gasteiger partial charge >= 0.3 is 0 Å². The highest BCUT2D eigenvalue weighted by Crippen LogP contribution is 2.33. The molecule has 23 heavy (non-hydrogen) atoms. The molecular formula is C15H13FN2O4S. The number of anilines is 2. The van der Waals surface area contributed by atoms with Crippen LogP contribution in [0.3, 0.4) is 0 Å². The number of carbonyl (C=O) groups excluding carboxylic acids is 1. The predicted octanol–water partition coefficient (Wildman–Crippen LogP) is 2.35. The molecule has 0 fully saturated rings. The van der Waals surface area contributed by atoms with Crippen LogP contribution in [0.5, 0.6) is 5.75 Å². The van der Waals surface area contributed by atoms with Gasteiger partial charge in [0.05, 0.1) is 11.4 Å². The van der Waals surface area contributed by atoms with Crippen LogP contribution in [0.2, 0.25) is 0 Å². The zero-order valence-electron chi connectivity index (χ0n) is 12.0. The summed E-state index contributed by atoms with van der Waals surface area (Å²) in [4.78, 5) is 11.1. The molecule has 2 aromatic rings. The van der Waals surface area contributed by atoms with E-state index in [1.165, 1.54) is 36.4 Å².